The lowest BCUT2D eigenvalue weighted by molar-refractivity contribution is -0.143. The molecule has 0 spiro atoms. The highest BCUT2D eigenvalue weighted by Crippen LogP contribution is 2.38. The summed E-state index contributed by atoms with van der Waals surface area (Å²) in [4.78, 5) is 26.7. The van der Waals surface area contributed by atoms with Crippen LogP contribution in [0, 0.1) is 0 Å². The van der Waals surface area contributed by atoms with Gasteiger partial charge in [-0.15, -0.1) is 0 Å². The zero-order chi connectivity index (χ0) is 28.1. The van der Waals surface area contributed by atoms with Gasteiger partial charge in [-0.2, -0.15) is 31.4 Å². The Morgan fingerprint density at radius 1 is 1.08 bits per heavy atom. The molecule has 5 rings (SSSR count). The van der Waals surface area contributed by atoms with E-state index in [0.717, 1.165) is 22.7 Å². The fraction of sp³-hybridized carbons (Fsp3) is 0.320. The Bertz CT molecular complexity index is 1480. The quantitative estimate of drug-likeness (QED) is 0.344. The summed E-state index contributed by atoms with van der Waals surface area (Å²) in [6.45, 7) is 0.399. The summed E-state index contributed by atoms with van der Waals surface area (Å²) in [6, 6.07) is 5.64. The second kappa shape index (κ2) is 9.99. The van der Waals surface area contributed by atoms with E-state index in [1.807, 2.05) is 0 Å². The summed E-state index contributed by atoms with van der Waals surface area (Å²) in [7, 11) is 0. The summed E-state index contributed by atoms with van der Waals surface area (Å²) in [5, 5.41) is 17.3. The summed E-state index contributed by atoms with van der Waals surface area (Å²) >= 11 is 0.751. The summed E-state index contributed by atoms with van der Waals surface area (Å²) in [5.74, 6) is -0.520. The van der Waals surface area contributed by atoms with Crippen molar-refractivity contribution < 1.29 is 41.0 Å². The molecular weight excluding hydrogens is 550 g/mol. The normalized spacial score (nSPS) is 21.9. The largest absolute Gasteiger partial charge is 0.416 e. The lowest BCUT2D eigenvalue weighted by Gasteiger charge is -2.33. The number of hydrogen-bond acceptors (Lipinski definition) is 6. The van der Waals surface area contributed by atoms with Crippen LogP contribution in [0.25, 0.3) is 17.0 Å². The van der Waals surface area contributed by atoms with Crippen LogP contribution in [0.4, 0.5) is 31.1 Å². The van der Waals surface area contributed by atoms with E-state index in [0.29, 0.717) is 35.5 Å². The lowest BCUT2D eigenvalue weighted by Crippen LogP contribution is -2.54. The van der Waals surface area contributed by atoms with E-state index >= 15 is 0 Å². The molecule has 7 nitrogen and oxygen atoms in total. The van der Waals surface area contributed by atoms with Crippen molar-refractivity contribution in [3.8, 4) is 0 Å². The third kappa shape index (κ3) is 5.40. The van der Waals surface area contributed by atoms with Crippen molar-refractivity contribution in [2.24, 2.45) is 0 Å². The van der Waals surface area contributed by atoms with Gasteiger partial charge >= 0.3 is 12.4 Å². The van der Waals surface area contributed by atoms with Crippen LogP contribution in [0.2, 0.25) is 0 Å². The first-order valence-corrected chi connectivity index (χ1v) is 12.5. The van der Waals surface area contributed by atoms with Crippen LogP contribution in [-0.2, 0) is 23.7 Å². The van der Waals surface area contributed by atoms with Crippen LogP contribution in [0.1, 0.15) is 28.7 Å². The van der Waals surface area contributed by atoms with E-state index in [9.17, 15) is 41.0 Å². The minimum atomic E-state index is -5.00. The highest BCUT2D eigenvalue weighted by atomic mass is 32.2. The third-order valence-electron chi connectivity index (χ3n) is 6.60. The molecule has 1 aromatic heterocycles. The van der Waals surface area contributed by atoms with Gasteiger partial charge in [-0.05, 0) is 66.2 Å². The molecule has 0 aliphatic carbocycles. The SMILES string of the molecule is O=C1S/C(=C\c2ccc3c(cnn3Cc3ccc(C(F)(F)F)cc3C(F)(F)F)c2)C(=O)N1[C@H]1CCNC[C@@H]1O. The van der Waals surface area contributed by atoms with Crippen LogP contribution in [0.5, 0.6) is 0 Å². The Balaban J connectivity index is 1.40. The van der Waals surface area contributed by atoms with Gasteiger partial charge in [0.1, 0.15) is 0 Å². The Morgan fingerprint density at radius 2 is 1.85 bits per heavy atom. The summed E-state index contributed by atoms with van der Waals surface area (Å²) < 4.78 is 80.9. The molecule has 2 N–H and O–H groups in total. The molecule has 0 bridgehead atoms. The van der Waals surface area contributed by atoms with Crippen molar-refractivity contribution in [2.75, 3.05) is 13.1 Å². The number of hydrogen-bond donors (Lipinski definition) is 2. The maximum Gasteiger partial charge on any atom is 0.416 e. The van der Waals surface area contributed by atoms with Crippen molar-refractivity contribution >= 4 is 39.9 Å². The number of fused-ring (bicyclic) bond motifs is 1. The van der Waals surface area contributed by atoms with Gasteiger partial charge in [-0.1, -0.05) is 12.1 Å². The van der Waals surface area contributed by atoms with Crippen molar-refractivity contribution in [3.05, 3.63) is 69.8 Å². The topological polar surface area (TPSA) is 87.5 Å². The number of thioether (sulfide) groups is 1. The monoisotopic (exact) mass is 570 g/mol. The third-order valence-corrected chi connectivity index (χ3v) is 7.48. The number of nitrogens with one attached hydrogen (secondary N) is 1. The minimum Gasteiger partial charge on any atom is -0.390 e. The summed E-state index contributed by atoms with van der Waals surface area (Å²) in [6.07, 6.45) is -7.48. The van der Waals surface area contributed by atoms with Gasteiger partial charge in [0.05, 0.1) is 46.4 Å². The molecule has 2 amide bonds. The molecule has 2 saturated heterocycles. The number of nitrogens with zero attached hydrogens (tertiary/aromatic N) is 3. The van der Waals surface area contributed by atoms with Gasteiger partial charge in [-0.3, -0.25) is 19.2 Å². The van der Waals surface area contributed by atoms with Gasteiger partial charge in [-0.25, -0.2) is 0 Å². The highest BCUT2D eigenvalue weighted by molar-refractivity contribution is 8.18. The molecule has 0 unspecified atom stereocenters. The Hall–Kier alpha value is -3.36. The second-order valence-electron chi connectivity index (χ2n) is 9.17. The van der Waals surface area contributed by atoms with Crippen LogP contribution in [0.3, 0.4) is 0 Å². The number of amides is 2. The van der Waals surface area contributed by atoms with Crippen molar-refractivity contribution in [3.63, 3.8) is 0 Å². The number of β-amino-alcohol motifs (C(OH)–C–C–N with tert-alkyl or cyclic N) is 1. The van der Waals surface area contributed by atoms with Crippen LogP contribution in [-0.4, -0.2) is 56.2 Å². The maximum atomic E-state index is 13.6. The molecule has 0 radical (unpaired) electrons. The smallest absolute Gasteiger partial charge is 0.390 e. The number of aromatic nitrogens is 2. The number of aliphatic hydroxyl groups is 1. The first-order valence-electron chi connectivity index (χ1n) is 11.7. The number of halogens is 6. The highest BCUT2D eigenvalue weighted by Gasteiger charge is 2.43. The van der Waals surface area contributed by atoms with Crippen LogP contribution < -0.4 is 5.32 Å². The Kier molecular flexibility index (Phi) is 6.97. The number of imide groups is 1. The number of carbonyl (C=O) groups excluding carboxylic acids is 2. The number of piperidine rings is 1. The van der Waals surface area contributed by atoms with Gasteiger partial charge in [0.25, 0.3) is 11.1 Å². The predicted octanol–water partition coefficient (Wildman–Crippen LogP) is 4.88. The molecule has 39 heavy (non-hydrogen) atoms. The zero-order valence-corrected chi connectivity index (χ0v) is 20.7. The standard InChI is InChI=1S/C25H20F6N4O3S/c26-24(27,28)16-3-2-14(17(9-16)25(29,30)31)12-34-18-4-1-13(7-15(18)10-33-34)8-21-22(37)35(23(38)39-21)19-5-6-32-11-20(19)36/h1-4,7-10,19-20,32,36H,5-6,11-12H2/b21-8-/t19-,20-/m0/s1. The first-order chi connectivity index (χ1) is 18.3. The number of carbonyl (C=O) groups is 2. The second-order valence-corrected chi connectivity index (χ2v) is 10.2. The lowest BCUT2D eigenvalue weighted by atomic mass is 10.0. The van der Waals surface area contributed by atoms with Gasteiger partial charge in [0.15, 0.2) is 0 Å². The fourth-order valence-corrected chi connectivity index (χ4v) is 5.57. The maximum absolute atomic E-state index is 13.6. The van der Waals surface area contributed by atoms with E-state index in [2.05, 4.69) is 10.4 Å². The minimum absolute atomic E-state index is 0.0923. The Labute approximate surface area is 221 Å². The number of benzene rings is 2. The molecule has 3 heterocycles. The molecule has 2 aliphatic rings. The molecule has 2 fully saturated rings. The van der Waals surface area contributed by atoms with E-state index in [4.69, 9.17) is 0 Å². The van der Waals surface area contributed by atoms with E-state index in [1.165, 1.54) is 17.0 Å². The van der Waals surface area contributed by atoms with E-state index in [1.54, 1.807) is 18.2 Å². The number of aliphatic hydroxyl groups excluding tert-OH is 1. The average Bonchev–Trinajstić information content (AvgIpc) is 3.37. The van der Waals surface area contributed by atoms with Gasteiger partial charge in [0, 0.05) is 11.9 Å². The van der Waals surface area contributed by atoms with Crippen LogP contribution in [0.15, 0.2) is 47.5 Å². The molecule has 14 heteroatoms. The first kappa shape index (κ1) is 27.2. The van der Waals surface area contributed by atoms with Crippen molar-refractivity contribution in [2.45, 2.75) is 37.5 Å². The average molecular weight is 571 g/mol. The van der Waals surface area contributed by atoms with E-state index in [-0.39, 0.29) is 23.1 Å². The number of rotatable bonds is 4. The molecule has 206 valence electrons. The molecule has 2 aromatic carbocycles. The number of alkyl halides is 6. The molecule has 0 saturated carbocycles. The zero-order valence-electron chi connectivity index (χ0n) is 19.9. The molecular formula is C25H20F6N4O3S. The fourth-order valence-electron chi connectivity index (χ4n) is 4.68. The van der Waals surface area contributed by atoms with Gasteiger partial charge in [0.2, 0.25) is 0 Å². The van der Waals surface area contributed by atoms with E-state index < -0.39 is 53.3 Å². The molecule has 2 aliphatic heterocycles. The Morgan fingerprint density at radius 3 is 2.54 bits per heavy atom. The van der Waals surface area contributed by atoms with Gasteiger partial charge < -0.3 is 10.4 Å². The van der Waals surface area contributed by atoms with Crippen molar-refractivity contribution in [1.29, 1.82) is 0 Å². The van der Waals surface area contributed by atoms with Crippen LogP contribution >= 0.6 is 11.8 Å². The predicted molar refractivity (Wildman–Crippen MR) is 130 cm³/mol. The summed E-state index contributed by atoms with van der Waals surface area (Å²) in [5.41, 5.74) is -2.21. The molecule has 3 aromatic rings. The van der Waals surface area contributed by atoms with Crippen molar-refractivity contribution in [1.82, 2.24) is 20.0 Å². The molecule has 2 atom stereocenters.